The van der Waals surface area contributed by atoms with Crippen LogP contribution in [0.2, 0.25) is 0 Å². The van der Waals surface area contributed by atoms with Gasteiger partial charge in [-0.25, -0.2) is 0 Å². The van der Waals surface area contributed by atoms with E-state index in [0.29, 0.717) is 25.3 Å². The van der Waals surface area contributed by atoms with Crippen molar-refractivity contribution < 1.29 is 19.1 Å². The van der Waals surface area contributed by atoms with Crippen LogP contribution in [0.1, 0.15) is 29.8 Å². The third kappa shape index (κ3) is 4.63. The van der Waals surface area contributed by atoms with Gasteiger partial charge in [0.2, 0.25) is 5.91 Å². The van der Waals surface area contributed by atoms with E-state index < -0.39 is 0 Å². The van der Waals surface area contributed by atoms with Crippen molar-refractivity contribution in [1.29, 1.82) is 0 Å². The summed E-state index contributed by atoms with van der Waals surface area (Å²) in [5, 5.41) is 2.93. The highest BCUT2D eigenvalue weighted by molar-refractivity contribution is 5.96. The van der Waals surface area contributed by atoms with Crippen molar-refractivity contribution in [3.63, 3.8) is 0 Å². The number of carbonyl (C=O) groups excluding carboxylic acids is 2. The summed E-state index contributed by atoms with van der Waals surface area (Å²) in [6, 6.07) is 14.8. The van der Waals surface area contributed by atoms with Crippen LogP contribution >= 0.6 is 0 Å². The van der Waals surface area contributed by atoms with E-state index in [9.17, 15) is 9.59 Å². The van der Waals surface area contributed by atoms with Crippen molar-refractivity contribution in [2.45, 2.75) is 19.3 Å². The lowest BCUT2D eigenvalue weighted by molar-refractivity contribution is -0.121. The van der Waals surface area contributed by atoms with Crippen LogP contribution in [0.3, 0.4) is 0 Å². The molecule has 2 aromatic rings. The van der Waals surface area contributed by atoms with Crippen LogP contribution < -0.4 is 14.8 Å². The Morgan fingerprint density at radius 1 is 1.04 bits per heavy atom. The summed E-state index contributed by atoms with van der Waals surface area (Å²) in [7, 11) is 1.63. The minimum Gasteiger partial charge on any atom is -0.486 e. The van der Waals surface area contributed by atoms with Crippen molar-refractivity contribution in [2.24, 2.45) is 0 Å². The van der Waals surface area contributed by atoms with Gasteiger partial charge >= 0.3 is 0 Å². The monoisotopic (exact) mass is 382 g/mol. The molecule has 0 aliphatic carbocycles. The molecule has 1 heterocycles. The van der Waals surface area contributed by atoms with Crippen molar-refractivity contribution >= 4 is 11.8 Å². The molecule has 2 amide bonds. The number of fused-ring (bicyclic) bond motifs is 1. The van der Waals surface area contributed by atoms with Gasteiger partial charge in [0.05, 0.1) is 6.54 Å². The lowest BCUT2D eigenvalue weighted by atomic mass is 9.84. The van der Waals surface area contributed by atoms with E-state index in [2.05, 4.69) is 19.2 Å². The molecule has 2 aromatic carbocycles. The Bertz CT molecular complexity index is 849. The van der Waals surface area contributed by atoms with Crippen LogP contribution in [0.15, 0.2) is 48.5 Å². The lowest BCUT2D eigenvalue weighted by Gasteiger charge is -2.28. The molecule has 0 aromatic heterocycles. The third-order valence-electron chi connectivity index (χ3n) is 4.80. The molecule has 148 valence electrons. The van der Waals surface area contributed by atoms with Crippen molar-refractivity contribution in [3.8, 4) is 11.5 Å². The second kappa shape index (κ2) is 8.33. The predicted molar refractivity (Wildman–Crippen MR) is 107 cm³/mol. The number of carbonyl (C=O) groups is 2. The highest BCUT2D eigenvalue weighted by Gasteiger charge is 2.24. The number of hydrogen-bond donors (Lipinski definition) is 1. The van der Waals surface area contributed by atoms with Crippen molar-refractivity contribution in [2.75, 3.05) is 33.4 Å². The van der Waals surface area contributed by atoms with Crippen LogP contribution in [-0.2, 0) is 10.2 Å². The van der Waals surface area contributed by atoms with E-state index in [1.807, 2.05) is 24.3 Å². The van der Waals surface area contributed by atoms with Gasteiger partial charge in [0.25, 0.3) is 5.91 Å². The van der Waals surface area contributed by atoms with Gasteiger partial charge in [-0.15, -0.1) is 0 Å². The number of nitrogens with zero attached hydrogens (tertiary/aromatic N) is 1. The van der Waals surface area contributed by atoms with Crippen molar-refractivity contribution in [1.82, 2.24) is 10.2 Å². The van der Waals surface area contributed by atoms with Crippen LogP contribution in [0.5, 0.6) is 11.5 Å². The second-order valence-electron chi connectivity index (χ2n) is 7.55. The van der Waals surface area contributed by atoms with E-state index in [4.69, 9.17) is 9.47 Å². The zero-order chi connectivity index (χ0) is 20.1. The third-order valence-corrected chi connectivity index (χ3v) is 4.80. The van der Waals surface area contributed by atoms with Crippen LogP contribution in [0, 0.1) is 0 Å². The number of rotatable bonds is 6. The lowest BCUT2D eigenvalue weighted by Crippen LogP contribution is -2.42. The number of amides is 2. The maximum atomic E-state index is 12.4. The zero-order valence-corrected chi connectivity index (χ0v) is 16.5. The molecule has 0 spiro atoms. The van der Waals surface area contributed by atoms with Crippen LogP contribution in [-0.4, -0.2) is 50.1 Å². The summed E-state index contributed by atoms with van der Waals surface area (Å²) in [5.74, 6) is 1.10. The topological polar surface area (TPSA) is 67.9 Å². The molecule has 0 fully saturated rings. The van der Waals surface area contributed by atoms with Gasteiger partial charge in [0, 0.05) is 24.6 Å². The van der Waals surface area contributed by atoms with E-state index >= 15 is 0 Å². The molecular weight excluding hydrogens is 356 g/mol. The Labute approximate surface area is 165 Å². The Morgan fingerprint density at radius 3 is 2.43 bits per heavy atom. The molecule has 0 saturated heterocycles. The smallest absolute Gasteiger partial charge is 0.254 e. The maximum absolute atomic E-state index is 12.4. The molecule has 0 bridgehead atoms. The number of likely N-dealkylation sites (N-methyl/N-ethyl adjacent to an activating group) is 1. The van der Waals surface area contributed by atoms with Gasteiger partial charge in [0.1, 0.15) is 13.2 Å². The molecule has 1 N–H and O–H groups in total. The summed E-state index contributed by atoms with van der Waals surface area (Å²) < 4.78 is 11.2. The van der Waals surface area contributed by atoms with Gasteiger partial charge in [-0.2, -0.15) is 0 Å². The number of benzene rings is 2. The van der Waals surface area contributed by atoms with Gasteiger partial charge in [0.15, 0.2) is 11.5 Å². The number of hydrogen-bond acceptors (Lipinski definition) is 4. The second-order valence-corrected chi connectivity index (χ2v) is 7.55. The molecule has 1 aliphatic rings. The molecule has 6 heteroatoms. The van der Waals surface area contributed by atoms with Gasteiger partial charge in [-0.05, 0) is 29.8 Å². The molecule has 3 rings (SSSR count). The molecule has 0 atom stereocenters. The summed E-state index contributed by atoms with van der Waals surface area (Å²) in [5.41, 5.74) is 1.31. The SMILES string of the molecule is CN(CC(=O)NCC(C)(C)c1ccc2c(c1)OCCO2)C(=O)c1ccccc1. The maximum Gasteiger partial charge on any atom is 0.254 e. The minimum atomic E-state index is -0.298. The first kappa shape index (κ1) is 19.7. The fourth-order valence-corrected chi connectivity index (χ4v) is 3.03. The normalized spacial score (nSPS) is 13.0. The fourth-order valence-electron chi connectivity index (χ4n) is 3.03. The molecule has 0 unspecified atom stereocenters. The average molecular weight is 382 g/mol. The van der Waals surface area contributed by atoms with Crippen molar-refractivity contribution in [3.05, 3.63) is 59.7 Å². The molecule has 1 aliphatic heterocycles. The largest absolute Gasteiger partial charge is 0.486 e. The zero-order valence-electron chi connectivity index (χ0n) is 16.5. The van der Waals surface area contributed by atoms with E-state index in [-0.39, 0.29) is 23.8 Å². The number of ether oxygens (including phenoxy) is 2. The molecule has 0 saturated carbocycles. The molecule has 0 radical (unpaired) electrons. The Morgan fingerprint density at radius 2 is 1.71 bits per heavy atom. The highest BCUT2D eigenvalue weighted by atomic mass is 16.6. The van der Waals surface area contributed by atoms with Gasteiger partial charge < -0.3 is 19.7 Å². The predicted octanol–water partition coefficient (Wildman–Crippen LogP) is 2.62. The summed E-state index contributed by atoms with van der Waals surface area (Å²) in [6.07, 6.45) is 0. The standard InChI is InChI=1S/C22H26N2O4/c1-22(2,17-9-10-18-19(13-17)28-12-11-27-18)15-23-20(25)14-24(3)21(26)16-7-5-4-6-8-16/h4-10,13H,11-12,14-15H2,1-3H3,(H,23,25). The first-order valence-corrected chi connectivity index (χ1v) is 9.34. The molecular formula is C22H26N2O4. The average Bonchev–Trinajstić information content (AvgIpc) is 2.72. The van der Waals surface area contributed by atoms with Gasteiger partial charge in [-0.1, -0.05) is 38.1 Å². The Kier molecular flexibility index (Phi) is 5.87. The minimum absolute atomic E-state index is 0.00491. The summed E-state index contributed by atoms with van der Waals surface area (Å²) >= 11 is 0. The fraction of sp³-hybridized carbons (Fsp3) is 0.364. The van der Waals surface area contributed by atoms with Crippen LogP contribution in [0.25, 0.3) is 0 Å². The summed E-state index contributed by atoms with van der Waals surface area (Å²) in [4.78, 5) is 26.1. The van der Waals surface area contributed by atoms with Crippen LogP contribution in [0.4, 0.5) is 0 Å². The molecule has 28 heavy (non-hydrogen) atoms. The first-order chi connectivity index (χ1) is 13.4. The summed E-state index contributed by atoms with van der Waals surface area (Å²) in [6.45, 7) is 5.65. The first-order valence-electron chi connectivity index (χ1n) is 9.34. The Balaban J connectivity index is 1.56. The van der Waals surface area contributed by atoms with E-state index in [1.54, 1.807) is 31.3 Å². The van der Waals surface area contributed by atoms with E-state index in [1.165, 1.54) is 4.90 Å². The Hall–Kier alpha value is -3.02. The molecule has 6 nitrogen and oxygen atoms in total. The van der Waals surface area contributed by atoms with E-state index in [0.717, 1.165) is 17.1 Å². The number of nitrogens with one attached hydrogen (secondary N) is 1. The van der Waals surface area contributed by atoms with Gasteiger partial charge in [-0.3, -0.25) is 9.59 Å². The highest BCUT2D eigenvalue weighted by Crippen LogP contribution is 2.34. The quantitative estimate of drug-likeness (QED) is 0.834.